The van der Waals surface area contributed by atoms with E-state index in [1.807, 2.05) is 6.92 Å². The van der Waals surface area contributed by atoms with Crippen molar-refractivity contribution in [2.24, 2.45) is 10.2 Å². The third-order valence-corrected chi connectivity index (χ3v) is 5.53. The molecular formula is C20H25FN8O. The second kappa shape index (κ2) is 7.60. The number of aryl methyl sites for hydroxylation is 1. The van der Waals surface area contributed by atoms with Crippen molar-refractivity contribution < 1.29 is 9.50 Å². The first-order valence-corrected chi connectivity index (χ1v) is 9.88. The Hall–Kier alpha value is -3.14. The highest BCUT2D eigenvalue weighted by atomic mass is 19.1. The van der Waals surface area contributed by atoms with E-state index in [0.717, 1.165) is 12.8 Å². The number of hydrogen-bond acceptors (Lipinski definition) is 8. The number of fused-ring (bicyclic) bond motifs is 1. The second-order valence-corrected chi connectivity index (χ2v) is 7.98. The van der Waals surface area contributed by atoms with Crippen molar-refractivity contribution in [1.29, 1.82) is 0 Å². The molecule has 1 saturated carbocycles. The molecule has 1 aliphatic rings. The van der Waals surface area contributed by atoms with E-state index in [4.69, 9.17) is 5.73 Å². The van der Waals surface area contributed by atoms with Gasteiger partial charge in [0.25, 0.3) is 0 Å². The van der Waals surface area contributed by atoms with Gasteiger partial charge < -0.3 is 16.2 Å². The van der Waals surface area contributed by atoms with E-state index in [2.05, 4.69) is 30.6 Å². The molecule has 0 bridgehead atoms. The number of halogens is 1. The van der Waals surface area contributed by atoms with Gasteiger partial charge in [-0.3, -0.25) is 4.98 Å². The van der Waals surface area contributed by atoms with E-state index in [1.165, 1.54) is 10.7 Å². The zero-order chi connectivity index (χ0) is 21.5. The lowest BCUT2D eigenvalue weighted by atomic mass is 9.84. The van der Waals surface area contributed by atoms with Gasteiger partial charge in [0.05, 0.1) is 28.7 Å². The molecule has 0 aliphatic heterocycles. The molecule has 158 valence electrons. The number of anilines is 2. The number of hydrogen-bond donors (Lipinski definition) is 3. The van der Waals surface area contributed by atoms with Crippen LogP contribution in [0.15, 0.2) is 28.6 Å². The Bertz CT molecular complexity index is 1110. The molecule has 3 aromatic rings. The number of rotatable bonds is 4. The van der Waals surface area contributed by atoms with Gasteiger partial charge in [0, 0.05) is 13.1 Å². The fourth-order valence-corrected chi connectivity index (χ4v) is 3.86. The number of nitrogens with two attached hydrogens (primary N) is 1. The number of azo groups is 1. The maximum absolute atomic E-state index is 14.9. The van der Waals surface area contributed by atoms with E-state index in [-0.39, 0.29) is 17.4 Å². The van der Waals surface area contributed by atoms with Crippen LogP contribution in [0, 0.1) is 12.7 Å². The summed E-state index contributed by atoms with van der Waals surface area (Å²) in [6.45, 7) is 3.63. The van der Waals surface area contributed by atoms with Crippen molar-refractivity contribution in [2.45, 2.75) is 51.2 Å². The van der Waals surface area contributed by atoms with Gasteiger partial charge in [0.1, 0.15) is 11.2 Å². The zero-order valence-corrected chi connectivity index (χ0v) is 17.2. The molecule has 0 unspecified atom stereocenters. The fraction of sp³-hybridized carbons (Fsp3) is 0.450. The molecule has 4 N–H and O–H groups in total. The molecule has 0 aromatic carbocycles. The van der Waals surface area contributed by atoms with E-state index in [1.54, 1.807) is 26.1 Å². The standard InChI is InChI=1S/C20H25FN8O/c1-11-14(27-23-3)4-5-15(24-11)16-13(21)10-29-17(16)18(22)26-19(28-29)25-12-6-8-20(2,30)9-7-12/h4-5,10,12,30H,6-9H2,1-3H3,(H3,22,25,26,28). The number of nitrogens with one attached hydrogen (secondary N) is 1. The average molecular weight is 412 g/mol. The van der Waals surface area contributed by atoms with E-state index in [9.17, 15) is 9.50 Å². The zero-order valence-electron chi connectivity index (χ0n) is 17.2. The summed E-state index contributed by atoms with van der Waals surface area (Å²) in [4.78, 5) is 8.80. The molecule has 1 aliphatic carbocycles. The Morgan fingerprint density at radius 2 is 2.03 bits per heavy atom. The number of aliphatic hydroxyl groups is 1. The van der Waals surface area contributed by atoms with Crippen LogP contribution in [0.2, 0.25) is 0 Å². The minimum atomic E-state index is -0.625. The molecule has 0 saturated heterocycles. The van der Waals surface area contributed by atoms with Crippen molar-refractivity contribution in [3.8, 4) is 11.3 Å². The van der Waals surface area contributed by atoms with Crippen LogP contribution in [0.4, 0.5) is 21.8 Å². The SMILES string of the molecule is CN=Nc1ccc(-c2c(F)cn3nc(NC4CCC(C)(O)CC4)nc(N)c23)nc1C. The second-order valence-electron chi connectivity index (χ2n) is 7.98. The molecule has 1 fully saturated rings. The Morgan fingerprint density at radius 3 is 2.70 bits per heavy atom. The van der Waals surface area contributed by atoms with Gasteiger partial charge in [-0.05, 0) is 51.7 Å². The molecule has 30 heavy (non-hydrogen) atoms. The Kier molecular flexibility index (Phi) is 5.10. The van der Waals surface area contributed by atoms with Crippen molar-refractivity contribution in [1.82, 2.24) is 19.6 Å². The molecule has 3 aromatic heterocycles. The van der Waals surface area contributed by atoms with Crippen LogP contribution < -0.4 is 11.1 Å². The first kappa shape index (κ1) is 20.1. The molecule has 0 radical (unpaired) electrons. The van der Waals surface area contributed by atoms with Crippen LogP contribution in [0.25, 0.3) is 16.8 Å². The summed E-state index contributed by atoms with van der Waals surface area (Å²) in [6, 6.07) is 3.54. The number of nitrogen functional groups attached to an aromatic ring is 1. The smallest absolute Gasteiger partial charge is 0.243 e. The average Bonchev–Trinajstić information content (AvgIpc) is 3.01. The largest absolute Gasteiger partial charge is 0.390 e. The molecular weight excluding hydrogens is 387 g/mol. The first-order chi connectivity index (χ1) is 14.3. The minimum absolute atomic E-state index is 0.131. The Morgan fingerprint density at radius 1 is 1.30 bits per heavy atom. The van der Waals surface area contributed by atoms with Gasteiger partial charge in [0.15, 0.2) is 11.6 Å². The van der Waals surface area contributed by atoms with Crippen molar-refractivity contribution >= 4 is 23.0 Å². The fourth-order valence-electron chi connectivity index (χ4n) is 3.86. The first-order valence-electron chi connectivity index (χ1n) is 9.88. The number of nitrogens with zero attached hydrogens (tertiary/aromatic N) is 6. The summed E-state index contributed by atoms with van der Waals surface area (Å²) in [5.41, 5.74) is 7.85. The molecule has 4 rings (SSSR count). The summed E-state index contributed by atoms with van der Waals surface area (Å²) in [6.07, 6.45) is 4.26. The quantitative estimate of drug-likeness (QED) is 0.562. The summed E-state index contributed by atoms with van der Waals surface area (Å²) in [5, 5.41) is 25.5. The van der Waals surface area contributed by atoms with Gasteiger partial charge in [0.2, 0.25) is 5.95 Å². The highest BCUT2D eigenvalue weighted by Crippen LogP contribution is 2.33. The third-order valence-electron chi connectivity index (χ3n) is 5.53. The Balaban J connectivity index is 1.67. The van der Waals surface area contributed by atoms with E-state index < -0.39 is 11.4 Å². The van der Waals surface area contributed by atoms with Gasteiger partial charge in [-0.1, -0.05) is 0 Å². The summed E-state index contributed by atoms with van der Waals surface area (Å²) in [5.74, 6) is 0.000510. The molecule has 0 atom stereocenters. The van der Waals surface area contributed by atoms with Crippen LogP contribution in [-0.4, -0.2) is 43.4 Å². The van der Waals surface area contributed by atoms with Crippen molar-refractivity contribution in [3.63, 3.8) is 0 Å². The number of aromatic nitrogens is 4. The lowest BCUT2D eigenvalue weighted by Crippen LogP contribution is -2.36. The molecule has 0 spiro atoms. The van der Waals surface area contributed by atoms with Gasteiger partial charge in [-0.25, -0.2) is 8.91 Å². The molecule has 10 heteroatoms. The molecule has 3 heterocycles. The summed E-state index contributed by atoms with van der Waals surface area (Å²) in [7, 11) is 1.58. The maximum atomic E-state index is 14.9. The van der Waals surface area contributed by atoms with Crippen molar-refractivity contribution in [3.05, 3.63) is 29.8 Å². The highest BCUT2D eigenvalue weighted by molar-refractivity contribution is 5.87. The monoisotopic (exact) mass is 412 g/mol. The Labute approximate surface area is 173 Å². The summed E-state index contributed by atoms with van der Waals surface area (Å²) >= 11 is 0. The minimum Gasteiger partial charge on any atom is -0.390 e. The number of pyridine rings is 1. The summed E-state index contributed by atoms with van der Waals surface area (Å²) < 4.78 is 16.2. The molecule has 0 amide bonds. The third kappa shape index (κ3) is 3.82. The van der Waals surface area contributed by atoms with E-state index in [0.29, 0.717) is 41.4 Å². The predicted molar refractivity (Wildman–Crippen MR) is 112 cm³/mol. The van der Waals surface area contributed by atoms with Crippen molar-refractivity contribution in [2.75, 3.05) is 18.1 Å². The maximum Gasteiger partial charge on any atom is 0.243 e. The van der Waals surface area contributed by atoms with Crippen LogP contribution in [-0.2, 0) is 0 Å². The highest BCUT2D eigenvalue weighted by Gasteiger charge is 2.29. The van der Waals surface area contributed by atoms with Crippen LogP contribution in [0.1, 0.15) is 38.3 Å². The predicted octanol–water partition coefficient (Wildman–Crippen LogP) is 3.64. The topological polar surface area (TPSA) is 126 Å². The molecule has 9 nitrogen and oxygen atoms in total. The normalized spacial score (nSPS) is 22.1. The van der Waals surface area contributed by atoms with Gasteiger partial charge in [-0.2, -0.15) is 15.2 Å². The van der Waals surface area contributed by atoms with Crippen LogP contribution in [0.3, 0.4) is 0 Å². The van der Waals surface area contributed by atoms with E-state index >= 15 is 0 Å². The van der Waals surface area contributed by atoms with Gasteiger partial charge in [-0.15, -0.1) is 5.10 Å². The van der Waals surface area contributed by atoms with Gasteiger partial charge >= 0.3 is 0 Å². The van der Waals surface area contributed by atoms with Crippen LogP contribution >= 0.6 is 0 Å². The van der Waals surface area contributed by atoms with Crippen LogP contribution in [0.5, 0.6) is 0 Å². The lowest BCUT2D eigenvalue weighted by molar-refractivity contribution is 0.0195. The lowest BCUT2D eigenvalue weighted by Gasteiger charge is -2.33.